The van der Waals surface area contributed by atoms with Crippen LogP contribution in [0, 0.1) is 5.92 Å². The van der Waals surface area contributed by atoms with Crippen molar-refractivity contribution in [3.05, 3.63) is 53.5 Å². The van der Waals surface area contributed by atoms with Gasteiger partial charge < -0.3 is 9.80 Å². The minimum absolute atomic E-state index is 0.318. The molecule has 0 unspecified atom stereocenters. The van der Waals surface area contributed by atoms with Crippen LogP contribution in [-0.2, 0) is 24.2 Å². The Kier molecular flexibility index (Phi) is 5.37. The molecule has 27 heavy (non-hydrogen) atoms. The topological polar surface area (TPSA) is 49.3 Å². The summed E-state index contributed by atoms with van der Waals surface area (Å²) >= 11 is 0. The highest BCUT2D eigenvalue weighted by Gasteiger charge is 2.26. The highest BCUT2D eigenvalue weighted by atomic mass is 16.2. The number of hydrogen-bond donors (Lipinski definition) is 0. The van der Waals surface area contributed by atoms with E-state index in [9.17, 15) is 4.79 Å². The summed E-state index contributed by atoms with van der Waals surface area (Å²) in [7, 11) is 0. The summed E-state index contributed by atoms with van der Waals surface area (Å²) < 4.78 is 0. The lowest BCUT2D eigenvalue weighted by molar-refractivity contribution is -0.133. The second kappa shape index (κ2) is 8.07. The SMILES string of the molecule is CCc1cc(N2CCC(CC(=O)N3CCc4ccccc4C3)CC2)ncn1. The smallest absolute Gasteiger partial charge is 0.223 e. The summed E-state index contributed by atoms with van der Waals surface area (Å²) in [5.41, 5.74) is 3.79. The van der Waals surface area contributed by atoms with Gasteiger partial charge in [0.25, 0.3) is 0 Å². The van der Waals surface area contributed by atoms with E-state index < -0.39 is 0 Å². The van der Waals surface area contributed by atoms with Crippen LogP contribution in [-0.4, -0.2) is 40.4 Å². The highest BCUT2D eigenvalue weighted by molar-refractivity contribution is 5.76. The van der Waals surface area contributed by atoms with Gasteiger partial charge in [-0.05, 0) is 42.7 Å². The number of piperidine rings is 1. The number of benzene rings is 1. The molecule has 5 heteroatoms. The Bertz CT molecular complexity index is 798. The van der Waals surface area contributed by atoms with Crippen LogP contribution in [0.25, 0.3) is 0 Å². The van der Waals surface area contributed by atoms with Gasteiger partial charge in [-0.15, -0.1) is 0 Å². The van der Waals surface area contributed by atoms with E-state index in [1.165, 1.54) is 11.1 Å². The van der Waals surface area contributed by atoms with E-state index in [-0.39, 0.29) is 0 Å². The fourth-order valence-corrected chi connectivity index (χ4v) is 4.20. The van der Waals surface area contributed by atoms with Gasteiger partial charge in [-0.3, -0.25) is 4.79 Å². The van der Waals surface area contributed by atoms with Crippen molar-refractivity contribution in [2.45, 2.75) is 45.6 Å². The van der Waals surface area contributed by atoms with Crippen LogP contribution in [0.5, 0.6) is 0 Å². The van der Waals surface area contributed by atoms with Crippen molar-refractivity contribution in [3.63, 3.8) is 0 Å². The number of nitrogens with zero attached hydrogens (tertiary/aromatic N) is 4. The van der Waals surface area contributed by atoms with Crippen molar-refractivity contribution in [1.82, 2.24) is 14.9 Å². The lowest BCUT2D eigenvalue weighted by Crippen LogP contribution is -2.39. The van der Waals surface area contributed by atoms with Crippen molar-refractivity contribution in [2.75, 3.05) is 24.5 Å². The zero-order chi connectivity index (χ0) is 18.6. The molecule has 0 saturated carbocycles. The molecule has 0 N–H and O–H groups in total. The monoisotopic (exact) mass is 364 g/mol. The van der Waals surface area contributed by atoms with Gasteiger partial charge in [-0.1, -0.05) is 31.2 Å². The van der Waals surface area contributed by atoms with Crippen LogP contribution in [0.15, 0.2) is 36.7 Å². The number of carbonyl (C=O) groups is 1. The minimum Gasteiger partial charge on any atom is -0.356 e. The average molecular weight is 364 g/mol. The molecule has 0 aliphatic carbocycles. The van der Waals surface area contributed by atoms with Crippen LogP contribution in [0.2, 0.25) is 0 Å². The van der Waals surface area contributed by atoms with Crippen molar-refractivity contribution in [2.24, 2.45) is 5.92 Å². The molecule has 1 fully saturated rings. The molecular weight excluding hydrogens is 336 g/mol. The average Bonchev–Trinajstić information content (AvgIpc) is 2.74. The fourth-order valence-electron chi connectivity index (χ4n) is 4.20. The summed E-state index contributed by atoms with van der Waals surface area (Å²) in [6.45, 7) is 5.69. The summed E-state index contributed by atoms with van der Waals surface area (Å²) in [6, 6.07) is 10.6. The number of aryl methyl sites for hydroxylation is 1. The third-order valence-electron chi connectivity index (χ3n) is 5.96. The van der Waals surface area contributed by atoms with E-state index in [0.717, 1.165) is 63.4 Å². The van der Waals surface area contributed by atoms with Gasteiger partial charge in [0.2, 0.25) is 5.91 Å². The van der Waals surface area contributed by atoms with Crippen LogP contribution < -0.4 is 4.90 Å². The number of hydrogen-bond acceptors (Lipinski definition) is 4. The molecule has 142 valence electrons. The van der Waals surface area contributed by atoms with E-state index in [0.29, 0.717) is 18.2 Å². The fraction of sp³-hybridized carbons (Fsp3) is 0.500. The molecule has 2 aliphatic heterocycles. The molecule has 5 nitrogen and oxygen atoms in total. The van der Waals surface area contributed by atoms with Crippen molar-refractivity contribution in [1.29, 1.82) is 0 Å². The molecule has 3 heterocycles. The highest BCUT2D eigenvalue weighted by Crippen LogP contribution is 2.26. The second-order valence-corrected chi connectivity index (χ2v) is 7.69. The number of carbonyl (C=O) groups excluding carboxylic acids is 1. The minimum atomic E-state index is 0.318. The second-order valence-electron chi connectivity index (χ2n) is 7.69. The van der Waals surface area contributed by atoms with Gasteiger partial charge >= 0.3 is 0 Å². The molecule has 0 bridgehead atoms. The summed E-state index contributed by atoms with van der Waals surface area (Å²) in [5.74, 6) is 1.83. The molecule has 0 atom stereocenters. The maximum atomic E-state index is 12.8. The maximum Gasteiger partial charge on any atom is 0.223 e. The van der Waals surface area contributed by atoms with Gasteiger partial charge in [0.15, 0.2) is 0 Å². The first kappa shape index (κ1) is 18.0. The zero-order valence-electron chi connectivity index (χ0n) is 16.1. The first-order valence-corrected chi connectivity index (χ1v) is 10.1. The van der Waals surface area contributed by atoms with E-state index in [4.69, 9.17) is 0 Å². The van der Waals surface area contributed by atoms with Gasteiger partial charge in [-0.25, -0.2) is 9.97 Å². The quantitative estimate of drug-likeness (QED) is 0.836. The van der Waals surface area contributed by atoms with Crippen LogP contribution in [0.1, 0.15) is 43.0 Å². The lowest BCUT2D eigenvalue weighted by Gasteiger charge is -2.34. The van der Waals surface area contributed by atoms with Gasteiger partial charge in [-0.2, -0.15) is 0 Å². The number of rotatable bonds is 4. The van der Waals surface area contributed by atoms with Crippen LogP contribution in [0.3, 0.4) is 0 Å². The van der Waals surface area contributed by atoms with Crippen molar-refractivity contribution in [3.8, 4) is 0 Å². The van der Waals surface area contributed by atoms with Crippen molar-refractivity contribution < 1.29 is 4.79 Å². The largest absolute Gasteiger partial charge is 0.356 e. The Balaban J connectivity index is 1.30. The Morgan fingerprint density at radius 2 is 1.89 bits per heavy atom. The number of fused-ring (bicyclic) bond motifs is 1. The normalized spacial score (nSPS) is 17.7. The molecule has 1 saturated heterocycles. The molecule has 2 aliphatic rings. The Morgan fingerprint density at radius 1 is 1.11 bits per heavy atom. The Morgan fingerprint density at radius 3 is 2.67 bits per heavy atom. The van der Waals surface area contributed by atoms with Crippen LogP contribution >= 0.6 is 0 Å². The predicted molar refractivity (Wildman–Crippen MR) is 107 cm³/mol. The Labute approximate surface area is 161 Å². The lowest BCUT2D eigenvalue weighted by atomic mass is 9.92. The zero-order valence-corrected chi connectivity index (χ0v) is 16.1. The van der Waals surface area contributed by atoms with E-state index in [2.05, 4.69) is 52.1 Å². The van der Waals surface area contributed by atoms with Crippen molar-refractivity contribution >= 4 is 11.7 Å². The summed E-state index contributed by atoms with van der Waals surface area (Å²) in [5, 5.41) is 0. The summed E-state index contributed by atoms with van der Waals surface area (Å²) in [4.78, 5) is 25.9. The van der Waals surface area contributed by atoms with Gasteiger partial charge in [0.1, 0.15) is 12.1 Å². The number of amides is 1. The third-order valence-corrected chi connectivity index (χ3v) is 5.96. The predicted octanol–water partition coefficient (Wildman–Crippen LogP) is 3.23. The summed E-state index contributed by atoms with van der Waals surface area (Å²) in [6.07, 6.45) is 6.37. The Hall–Kier alpha value is -2.43. The van der Waals surface area contributed by atoms with E-state index >= 15 is 0 Å². The molecule has 4 rings (SSSR count). The molecule has 2 aromatic rings. The number of aromatic nitrogens is 2. The molecule has 1 aromatic heterocycles. The first-order chi connectivity index (χ1) is 13.2. The standard InChI is InChI=1S/C22H28N4O/c1-2-20-14-21(24-16-23-20)25-10-7-17(8-11-25)13-22(27)26-12-9-18-5-3-4-6-19(18)15-26/h3-6,14,16-17H,2,7-13,15H2,1H3. The molecule has 1 aromatic carbocycles. The maximum absolute atomic E-state index is 12.8. The van der Waals surface area contributed by atoms with Gasteiger partial charge in [0.05, 0.1) is 0 Å². The molecule has 1 amide bonds. The molecule has 0 spiro atoms. The van der Waals surface area contributed by atoms with E-state index in [1.807, 2.05) is 4.90 Å². The first-order valence-electron chi connectivity index (χ1n) is 10.1. The molecule has 0 radical (unpaired) electrons. The third kappa shape index (κ3) is 4.12. The molecular formula is C22H28N4O. The van der Waals surface area contributed by atoms with E-state index in [1.54, 1.807) is 6.33 Å². The number of anilines is 1. The van der Waals surface area contributed by atoms with Gasteiger partial charge in [0, 0.05) is 44.4 Å². The van der Waals surface area contributed by atoms with Crippen LogP contribution in [0.4, 0.5) is 5.82 Å².